The van der Waals surface area contributed by atoms with Crippen molar-refractivity contribution in [3.8, 4) is 0 Å². The number of nitrogens with zero attached hydrogens (tertiary/aromatic N) is 4. The summed E-state index contributed by atoms with van der Waals surface area (Å²) in [5.74, 6) is -0.789. The van der Waals surface area contributed by atoms with Crippen LogP contribution in [0.4, 0.5) is 19.0 Å². The van der Waals surface area contributed by atoms with Crippen LogP contribution in [0.15, 0.2) is 54.9 Å². The monoisotopic (exact) mass is 395 g/mol. The van der Waals surface area contributed by atoms with Crippen molar-refractivity contribution in [1.82, 2.24) is 19.9 Å². The predicted octanol–water partition coefficient (Wildman–Crippen LogP) is 4.82. The van der Waals surface area contributed by atoms with E-state index in [-0.39, 0.29) is 0 Å². The van der Waals surface area contributed by atoms with E-state index in [4.69, 9.17) is 0 Å². The molecule has 0 radical (unpaired) electrons. The fraction of sp³-hybridized carbons (Fsp3) is 0.190. The fourth-order valence-corrected chi connectivity index (χ4v) is 3.76. The number of nitrogens with one attached hydrogen (secondary N) is 1. The molecule has 0 spiro atoms. The van der Waals surface area contributed by atoms with E-state index in [1.54, 1.807) is 30.5 Å². The summed E-state index contributed by atoms with van der Waals surface area (Å²) < 4.78 is 39.9. The molecule has 8 heteroatoms. The zero-order valence-electron chi connectivity index (χ0n) is 15.2. The van der Waals surface area contributed by atoms with Crippen LogP contribution in [-0.4, -0.2) is 33.0 Å². The number of alkyl halides is 3. The number of para-hydroxylation sites is 1. The minimum Gasteiger partial charge on any atom is -0.352 e. The molecule has 5 nitrogen and oxygen atoms in total. The van der Waals surface area contributed by atoms with Crippen LogP contribution in [0.2, 0.25) is 0 Å². The van der Waals surface area contributed by atoms with Gasteiger partial charge in [0, 0.05) is 41.8 Å². The van der Waals surface area contributed by atoms with Gasteiger partial charge in [0.25, 0.3) is 0 Å². The first-order chi connectivity index (χ1) is 14.0. The number of rotatable bonds is 2. The molecule has 1 aliphatic rings. The zero-order chi connectivity index (χ0) is 20.0. The van der Waals surface area contributed by atoms with Gasteiger partial charge in [0.2, 0.25) is 5.82 Å². The van der Waals surface area contributed by atoms with E-state index in [0.717, 1.165) is 22.2 Å². The van der Waals surface area contributed by atoms with Crippen LogP contribution in [0, 0.1) is 0 Å². The number of H-pyrrole nitrogens is 1. The summed E-state index contributed by atoms with van der Waals surface area (Å²) >= 11 is 0. The highest BCUT2D eigenvalue weighted by atomic mass is 19.4. The Kier molecular flexibility index (Phi) is 4.01. The van der Waals surface area contributed by atoms with Gasteiger partial charge in [0.1, 0.15) is 11.5 Å². The molecule has 0 atom stereocenters. The third kappa shape index (κ3) is 3.10. The quantitative estimate of drug-likeness (QED) is 0.529. The fourth-order valence-electron chi connectivity index (χ4n) is 3.76. The van der Waals surface area contributed by atoms with Crippen molar-refractivity contribution in [2.75, 3.05) is 18.0 Å². The van der Waals surface area contributed by atoms with Gasteiger partial charge in [0.15, 0.2) is 0 Å². The summed E-state index contributed by atoms with van der Waals surface area (Å²) in [6.07, 6.45) is 1.82. The summed E-state index contributed by atoms with van der Waals surface area (Å²) in [6.45, 7) is 1.04. The Morgan fingerprint density at radius 2 is 1.83 bits per heavy atom. The summed E-state index contributed by atoms with van der Waals surface area (Å²) in [4.78, 5) is 16.9. The van der Waals surface area contributed by atoms with Crippen molar-refractivity contribution in [2.45, 2.75) is 12.6 Å². The van der Waals surface area contributed by atoms with Crippen molar-refractivity contribution < 1.29 is 13.2 Å². The topological polar surface area (TPSA) is 57.7 Å². The van der Waals surface area contributed by atoms with Crippen molar-refractivity contribution in [3.63, 3.8) is 0 Å². The molecule has 0 amide bonds. The van der Waals surface area contributed by atoms with Crippen molar-refractivity contribution in [3.05, 3.63) is 66.3 Å². The summed E-state index contributed by atoms with van der Waals surface area (Å²) in [5.41, 5.74) is 3.34. The van der Waals surface area contributed by atoms with Gasteiger partial charge in [-0.15, -0.1) is 0 Å². The maximum absolute atomic E-state index is 13.3. The SMILES string of the molecule is FC(F)(F)c1nc(N2CC=C(c3c[nH]c4ncccc34)CC2)c2ccccc2n1. The van der Waals surface area contributed by atoms with Crippen LogP contribution in [0.3, 0.4) is 0 Å². The van der Waals surface area contributed by atoms with Crippen LogP contribution in [-0.2, 0) is 6.18 Å². The van der Waals surface area contributed by atoms with E-state index < -0.39 is 12.0 Å². The molecule has 1 aromatic carbocycles. The number of anilines is 1. The minimum absolute atomic E-state index is 0.294. The van der Waals surface area contributed by atoms with Crippen molar-refractivity contribution in [1.29, 1.82) is 0 Å². The van der Waals surface area contributed by atoms with Crippen LogP contribution >= 0.6 is 0 Å². The second-order valence-electron chi connectivity index (χ2n) is 6.91. The highest BCUT2D eigenvalue weighted by Gasteiger charge is 2.36. The van der Waals surface area contributed by atoms with Crippen LogP contribution < -0.4 is 4.90 Å². The van der Waals surface area contributed by atoms with E-state index in [1.807, 2.05) is 29.3 Å². The number of fused-ring (bicyclic) bond motifs is 2. The van der Waals surface area contributed by atoms with Gasteiger partial charge in [-0.25, -0.2) is 15.0 Å². The van der Waals surface area contributed by atoms with Gasteiger partial charge in [-0.05, 0) is 36.3 Å². The molecule has 0 bridgehead atoms. The number of benzene rings is 1. The molecule has 1 N–H and O–H groups in total. The molecule has 0 fully saturated rings. The second-order valence-corrected chi connectivity index (χ2v) is 6.91. The molecule has 0 aliphatic carbocycles. The number of pyridine rings is 1. The van der Waals surface area contributed by atoms with Crippen LogP contribution in [0.5, 0.6) is 0 Å². The number of halogens is 3. The standard InChI is InChI=1S/C21H16F3N5/c22-21(23,24)20-27-17-6-2-1-4-15(17)19(28-20)29-10-7-13(8-11-29)16-12-26-18-14(16)5-3-9-25-18/h1-7,9,12H,8,10-11H2,(H,25,26). The first-order valence-corrected chi connectivity index (χ1v) is 9.21. The Bertz CT molecular complexity index is 1240. The largest absolute Gasteiger partial charge is 0.451 e. The predicted molar refractivity (Wildman–Crippen MR) is 105 cm³/mol. The van der Waals surface area contributed by atoms with E-state index >= 15 is 0 Å². The Morgan fingerprint density at radius 1 is 1.00 bits per heavy atom. The van der Waals surface area contributed by atoms with E-state index in [2.05, 4.69) is 19.9 Å². The highest BCUT2D eigenvalue weighted by Crippen LogP contribution is 2.34. The first-order valence-electron chi connectivity index (χ1n) is 9.21. The molecule has 1 aliphatic heterocycles. The maximum atomic E-state index is 13.3. The van der Waals surface area contributed by atoms with Gasteiger partial charge in [0.05, 0.1) is 5.52 Å². The molecule has 3 aromatic heterocycles. The third-order valence-electron chi connectivity index (χ3n) is 5.14. The minimum atomic E-state index is -4.59. The van der Waals surface area contributed by atoms with E-state index in [1.165, 1.54) is 0 Å². The lowest BCUT2D eigenvalue weighted by Gasteiger charge is -2.28. The van der Waals surface area contributed by atoms with Gasteiger partial charge in [-0.1, -0.05) is 18.2 Å². The third-order valence-corrected chi connectivity index (χ3v) is 5.14. The average molecular weight is 395 g/mol. The lowest BCUT2D eigenvalue weighted by Crippen LogP contribution is -2.30. The van der Waals surface area contributed by atoms with Crippen molar-refractivity contribution in [2.24, 2.45) is 0 Å². The lowest BCUT2D eigenvalue weighted by molar-refractivity contribution is -0.144. The Morgan fingerprint density at radius 3 is 2.62 bits per heavy atom. The average Bonchev–Trinajstić information content (AvgIpc) is 3.17. The molecule has 0 saturated carbocycles. The molecular formula is C21H16F3N5. The van der Waals surface area contributed by atoms with Gasteiger partial charge < -0.3 is 9.88 Å². The van der Waals surface area contributed by atoms with Crippen LogP contribution in [0.1, 0.15) is 17.8 Å². The highest BCUT2D eigenvalue weighted by molar-refractivity contribution is 5.92. The molecule has 29 heavy (non-hydrogen) atoms. The summed E-state index contributed by atoms with van der Waals surface area (Å²) in [5, 5.41) is 1.66. The number of aromatic amines is 1. The first kappa shape index (κ1) is 17.7. The van der Waals surface area contributed by atoms with Crippen LogP contribution in [0.25, 0.3) is 27.5 Å². The zero-order valence-corrected chi connectivity index (χ0v) is 15.2. The molecule has 4 heterocycles. The normalized spacial score (nSPS) is 15.1. The number of hydrogen-bond donors (Lipinski definition) is 1. The van der Waals surface area contributed by atoms with Gasteiger partial charge in [-0.3, -0.25) is 0 Å². The summed E-state index contributed by atoms with van der Waals surface area (Å²) in [6, 6.07) is 10.7. The van der Waals surface area contributed by atoms with E-state index in [9.17, 15) is 13.2 Å². The smallest absolute Gasteiger partial charge is 0.352 e. The molecule has 0 unspecified atom stereocenters. The van der Waals surface area contributed by atoms with E-state index in [0.29, 0.717) is 36.2 Å². The Labute approximate surface area is 163 Å². The van der Waals surface area contributed by atoms with Gasteiger partial charge >= 0.3 is 6.18 Å². The number of hydrogen-bond acceptors (Lipinski definition) is 4. The molecule has 5 rings (SSSR count). The molecule has 0 saturated heterocycles. The Balaban J connectivity index is 1.53. The van der Waals surface area contributed by atoms with Crippen molar-refractivity contribution >= 4 is 33.3 Å². The Hall–Kier alpha value is -3.42. The maximum Gasteiger partial charge on any atom is 0.451 e. The number of aromatic nitrogens is 4. The molecular weight excluding hydrogens is 379 g/mol. The molecule has 4 aromatic rings. The summed E-state index contributed by atoms with van der Waals surface area (Å²) in [7, 11) is 0. The second kappa shape index (κ2) is 6.58. The lowest BCUT2D eigenvalue weighted by atomic mass is 9.99. The van der Waals surface area contributed by atoms with Gasteiger partial charge in [-0.2, -0.15) is 13.2 Å². The molecule has 146 valence electrons.